The largest absolute Gasteiger partial charge is 0.472 e. The van der Waals surface area contributed by atoms with Crippen molar-refractivity contribution in [3.05, 3.63) is 102 Å². The molecular weight excluding hydrogens is 417 g/mol. The number of rotatable bonds is 6. The summed E-state index contributed by atoms with van der Waals surface area (Å²) in [5.41, 5.74) is 3.57. The van der Waals surface area contributed by atoms with Gasteiger partial charge in [0.2, 0.25) is 5.91 Å². The van der Waals surface area contributed by atoms with Gasteiger partial charge in [0.25, 0.3) is 0 Å². The molecule has 1 amide bonds. The van der Waals surface area contributed by atoms with Gasteiger partial charge < -0.3 is 9.73 Å². The van der Waals surface area contributed by atoms with Crippen LogP contribution in [0.2, 0.25) is 0 Å². The van der Waals surface area contributed by atoms with E-state index in [2.05, 4.69) is 10.2 Å². The summed E-state index contributed by atoms with van der Waals surface area (Å²) in [4.78, 5) is 20.4. The zero-order valence-corrected chi connectivity index (χ0v) is 18.3. The van der Waals surface area contributed by atoms with Crippen LogP contribution < -0.4 is 5.32 Å². The third kappa shape index (κ3) is 4.96. The Morgan fingerprint density at radius 3 is 2.61 bits per heavy atom. The van der Waals surface area contributed by atoms with Crippen molar-refractivity contribution in [2.45, 2.75) is 25.4 Å². The van der Waals surface area contributed by atoms with E-state index >= 15 is 0 Å². The van der Waals surface area contributed by atoms with Crippen LogP contribution in [-0.2, 0) is 11.3 Å². The summed E-state index contributed by atoms with van der Waals surface area (Å²) in [6.07, 6.45) is 5.05. The lowest BCUT2D eigenvalue weighted by atomic mass is 9.94. The lowest BCUT2D eigenvalue weighted by molar-refractivity contribution is -0.127. The minimum absolute atomic E-state index is 0.0160. The van der Waals surface area contributed by atoms with Gasteiger partial charge in [-0.3, -0.25) is 14.7 Å². The van der Waals surface area contributed by atoms with E-state index in [0.29, 0.717) is 0 Å². The van der Waals surface area contributed by atoms with Gasteiger partial charge in [0.1, 0.15) is 5.82 Å². The topological polar surface area (TPSA) is 58.4 Å². The molecule has 2 aromatic heterocycles. The number of nitrogens with zero attached hydrogens (tertiary/aromatic N) is 2. The number of benzene rings is 2. The summed E-state index contributed by atoms with van der Waals surface area (Å²) in [6.45, 7) is 2.56. The first-order valence-corrected chi connectivity index (χ1v) is 11.3. The highest BCUT2D eigenvalue weighted by Crippen LogP contribution is 2.26. The van der Waals surface area contributed by atoms with Crippen molar-refractivity contribution in [3.63, 3.8) is 0 Å². The molecule has 1 aliphatic rings. The van der Waals surface area contributed by atoms with Crippen molar-refractivity contribution in [1.29, 1.82) is 0 Å². The maximum absolute atomic E-state index is 13.6. The molecule has 2 aromatic carbocycles. The Labute approximate surface area is 192 Å². The Bertz CT molecular complexity index is 1220. The molecule has 1 aliphatic heterocycles. The molecule has 1 fully saturated rings. The standard InChI is InChI=1S/C27H26FN3O2/c28-23-8-5-21(6-9-23)26(25-10-7-20-3-1-2-4-24(20)29-25)30-27(32)22-11-14-31(15-12-22)17-19-13-16-33-18-19/h1-10,13,16,18,22,26H,11-12,14-15,17H2,(H,30,32). The predicted molar refractivity (Wildman–Crippen MR) is 125 cm³/mol. The lowest BCUT2D eigenvalue weighted by Gasteiger charge is -2.32. The van der Waals surface area contributed by atoms with Crippen LogP contribution in [-0.4, -0.2) is 28.9 Å². The van der Waals surface area contributed by atoms with Crippen molar-refractivity contribution in [3.8, 4) is 0 Å². The lowest BCUT2D eigenvalue weighted by Crippen LogP contribution is -2.41. The van der Waals surface area contributed by atoms with E-state index in [1.54, 1.807) is 24.7 Å². The van der Waals surface area contributed by atoms with Crippen molar-refractivity contribution >= 4 is 16.8 Å². The second-order valence-corrected chi connectivity index (χ2v) is 8.60. The number of para-hydroxylation sites is 1. The Morgan fingerprint density at radius 1 is 1.06 bits per heavy atom. The highest BCUT2D eigenvalue weighted by atomic mass is 19.1. The summed E-state index contributed by atoms with van der Waals surface area (Å²) in [6, 6.07) is 19.6. The smallest absolute Gasteiger partial charge is 0.224 e. The number of carbonyl (C=O) groups excluding carboxylic acids is 1. The quantitative estimate of drug-likeness (QED) is 0.451. The second kappa shape index (κ2) is 9.55. The number of carbonyl (C=O) groups is 1. The summed E-state index contributed by atoms with van der Waals surface area (Å²) in [7, 11) is 0. The van der Waals surface area contributed by atoms with Crippen LogP contribution >= 0.6 is 0 Å². The van der Waals surface area contributed by atoms with Gasteiger partial charge in [0.05, 0.1) is 29.8 Å². The molecule has 3 heterocycles. The van der Waals surface area contributed by atoms with E-state index in [0.717, 1.165) is 60.2 Å². The fraction of sp³-hybridized carbons (Fsp3) is 0.259. The monoisotopic (exact) mass is 443 g/mol. The van der Waals surface area contributed by atoms with Crippen molar-refractivity contribution in [2.75, 3.05) is 13.1 Å². The van der Waals surface area contributed by atoms with Crippen molar-refractivity contribution in [1.82, 2.24) is 15.2 Å². The number of fused-ring (bicyclic) bond motifs is 1. The number of furan rings is 1. The molecule has 33 heavy (non-hydrogen) atoms. The number of nitrogens with one attached hydrogen (secondary N) is 1. The second-order valence-electron chi connectivity index (χ2n) is 8.60. The Hall–Kier alpha value is -3.51. The summed E-state index contributed by atoms with van der Waals surface area (Å²) in [5.74, 6) is -0.350. The molecule has 1 atom stereocenters. The molecule has 5 nitrogen and oxygen atoms in total. The highest BCUT2D eigenvalue weighted by Gasteiger charge is 2.28. The van der Waals surface area contributed by atoms with Crippen LogP contribution in [0.4, 0.5) is 4.39 Å². The predicted octanol–water partition coefficient (Wildman–Crippen LogP) is 5.08. The molecule has 168 valence electrons. The number of likely N-dealkylation sites (tertiary alicyclic amines) is 1. The fourth-order valence-electron chi connectivity index (χ4n) is 4.48. The molecule has 1 N–H and O–H groups in total. The van der Waals surface area contributed by atoms with Gasteiger partial charge in [-0.15, -0.1) is 0 Å². The van der Waals surface area contributed by atoms with Gasteiger partial charge in [-0.25, -0.2) is 4.39 Å². The zero-order valence-electron chi connectivity index (χ0n) is 18.3. The summed E-state index contributed by atoms with van der Waals surface area (Å²) < 4.78 is 18.7. The minimum Gasteiger partial charge on any atom is -0.472 e. The van der Waals surface area contributed by atoms with Crippen molar-refractivity contribution in [2.24, 2.45) is 5.92 Å². The first kappa shape index (κ1) is 21.3. The molecule has 0 saturated carbocycles. The van der Waals surface area contributed by atoms with Gasteiger partial charge in [0.15, 0.2) is 0 Å². The first-order valence-electron chi connectivity index (χ1n) is 11.3. The fourth-order valence-corrected chi connectivity index (χ4v) is 4.48. The zero-order chi connectivity index (χ0) is 22.6. The minimum atomic E-state index is -0.438. The van der Waals surface area contributed by atoms with Gasteiger partial charge in [0, 0.05) is 23.4 Å². The van der Waals surface area contributed by atoms with E-state index in [4.69, 9.17) is 9.40 Å². The maximum Gasteiger partial charge on any atom is 0.224 e. The van der Waals surface area contributed by atoms with Crippen LogP contribution in [0.1, 0.15) is 35.7 Å². The highest BCUT2D eigenvalue weighted by molar-refractivity contribution is 5.81. The van der Waals surface area contributed by atoms with E-state index in [9.17, 15) is 9.18 Å². The molecule has 4 aromatic rings. The average Bonchev–Trinajstić information content (AvgIpc) is 3.36. The molecule has 0 radical (unpaired) electrons. The van der Waals surface area contributed by atoms with E-state index in [1.807, 2.05) is 42.5 Å². The Balaban J connectivity index is 1.32. The van der Waals surface area contributed by atoms with Crippen molar-refractivity contribution < 1.29 is 13.6 Å². The third-order valence-corrected chi connectivity index (χ3v) is 6.35. The number of amides is 1. The number of piperidine rings is 1. The average molecular weight is 444 g/mol. The molecule has 1 saturated heterocycles. The summed E-state index contributed by atoms with van der Waals surface area (Å²) in [5, 5.41) is 4.24. The van der Waals surface area contributed by atoms with Gasteiger partial charge >= 0.3 is 0 Å². The summed E-state index contributed by atoms with van der Waals surface area (Å²) >= 11 is 0. The van der Waals surface area contributed by atoms with E-state index < -0.39 is 6.04 Å². The molecule has 0 spiro atoms. The molecular formula is C27H26FN3O2. The van der Waals surface area contributed by atoms with Crippen LogP contribution in [0, 0.1) is 11.7 Å². The molecule has 6 heteroatoms. The number of pyridine rings is 1. The van der Waals surface area contributed by atoms with Crippen LogP contribution in [0.15, 0.2) is 83.7 Å². The number of halogens is 1. The Morgan fingerprint density at radius 2 is 1.85 bits per heavy atom. The number of hydrogen-bond donors (Lipinski definition) is 1. The number of hydrogen-bond acceptors (Lipinski definition) is 4. The third-order valence-electron chi connectivity index (χ3n) is 6.35. The SMILES string of the molecule is O=C(NC(c1ccc(F)cc1)c1ccc2ccccc2n1)C1CCN(Cc2ccoc2)CC1. The van der Waals surface area contributed by atoms with E-state index in [-0.39, 0.29) is 17.6 Å². The molecule has 5 rings (SSSR count). The van der Waals surface area contributed by atoms with Gasteiger partial charge in [-0.05, 0) is 61.8 Å². The Kier molecular flexibility index (Phi) is 6.17. The van der Waals surface area contributed by atoms with E-state index in [1.165, 1.54) is 12.1 Å². The molecule has 1 unspecified atom stereocenters. The number of aromatic nitrogens is 1. The molecule has 0 aliphatic carbocycles. The van der Waals surface area contributed by atoms with Gasteiger partial charge in [-0.1, -0.05) is 36.4 Å². The van der Waals surface area contributed by atoms with Crippen LogP contribution in [0.5, 0.6) is 0 Å². The first-order chi connectivity index (χ1) is 16.2. The molecule has 0 bridgehead atoms. The van der Waals surface area contributed by atoms with Crippen LogP contribution in [0.3, 0.4) is 0 Å². The maximum atomic E-state index is 13.6. The van der Waals surface area contributed by atoms with Crippen LogP contribution in [0.25, 0.3) is 10.9 Å². The van der Waals surface area contributed by atoms with Gasteiger partial charge in [-0.2, -0.15) is 0 Å². The normalized spacial score (nSPS) is 16.0.